The SMILES string of the molecule is CS(=O)(=O)OCCc1cc2cc(Br)cc(Cl)c2o1. The maximum absolute atomic E-state index is 10.8. The van der Waals surface area contributed by atoms with Crippen LogP contribution in [0.2, 0.25) is 5.02 Å². The van der Waals surface area contributed by atoms with Crippen molar-refractivity contribution in [2.75, 3.05) is 12.9 Å². The van der Waals surface area contributed by atoms with Gasteiger partial charge in [0.1, 0.15) is 5.76 Å². The lowest BCUT2D eigenvalue weighted by Gasteiger charge is -1.98. The molecule has 1 aromatic carbocycles. The molecule has 0 bridgehead atoms. The van der Waals surface area contributed by atoms with Gasteiger partial charge in [-0.3, -0.25) is 4.18 Å². The van der Waals surface area contributed by atoms with Gasteiger partial charge < -0.3 is 4.42 Å². The third-order valence-corrected chi connectivity index (χ3v) is 3.57. The van der Waals surface area contributed by atoms with Crippen LogP contribution in [0.4, 0.5) is 0 Å². The molecule has 0 saturated carbocycles. The van der Waals surface area contributed by atoms with Crippen molar-refractivity contribution in [3.63, 3.8) is 0 Å². The molecule has 0 atom stereocenters. The Morgan fingerprint density at radius 1 is 1.39 bits per heavy atom. The van der Waals surface area contributed by atoms with E-state index in [1.165, 1.54) is 0 Å². The lowest BCUT2D eigenvalue weighted by atomic mass is 10.2. The number of rotatable bonds is 4. The third-order valence-electron chi connectivity index (χ3n) is 2.23. The Kier molecular flexibility index (Phi) is 4.01. The maximum Gasteiger partial charge on any atom is 0.264 e. The first kappa shape index (κ1) is 13.9. The van der Waals surface area contributed by atoms with Crippen LogP contribution >= 0.6 is 27.5 Å². The summed E-state index contributed by atoms with van der Waals surface area (Å²) in [4.78, 5) is 0. The molecule has 0 radical (unpaired) electrons. The van der Waals surface area contributed by atoms with E-state index in [0.29, 0.717) is 22.8 Å². The summed E-state index contributed by atoms with van der Waals surface area (Å²) < 4.78 is 32.7. The van der Waals surface area contributed by atoms with Crippen molar-refractivity contribution in [1.29, 1.82) is 0 Å². The fraction of sp³-hybridized carbons (Fsp3) is 0.273. The number of benzene rings is 1. The fourth-order valence-corrected chi connectivity index (χ4v) is 2.80. The molecule has 0 saturated heterocycles. The lowest BCUT2D eigenvalue weighted by molar-refractivity contribution is 0.316. The molecule has 98 valence electrons. The van der Waals surface area contributed by atoms with Crippen molar-refractivity contribution in [3.8, 4) is 0 Å². The zero-order valence-electron chi connectivity index (χ0n) is 9.44. The smallest absolute Gasteiger partial charge is 0.264 e. The van der Waals surface area contributed by atoms with Crippen molar-refractivity contribution >= 4 is 48.6 Å². The van der Waals surface area contributed by atoms with Gasteiger partial charge in [-0.1, -0.05) is 27.5 Å². The molecule has 2 aromatic rings. The average molecular weight is 354 g/mol. The lowest BCUT2D eigenvalue weighted by Crippen LogP contribution is -2.05. The van der Waals surface area contributed by atoms with E-state index in [1.807, 2.05) is 12.1 Å². The Bertz CT molecular complexity index is 678. The molecule has 0 aliphatic carbocycles. The Hall–Kier alpha value is -0.560. The van der Waals surface area contributed by atoms with Gasteiger partial charge in [-0.05, 0) is 18.2 Å². The van der Waals surface area contributed by atoms with Crippen molar-refractivity contribution in [2.45, 2.75) is 6.42 Å². The molecular weight excluding hydrogens is 344 g/mol. The topological polar surface area (TPSA) is 56.5 Å². The molecule has 0 fully saturated rings. The Balaban J connectivity index is 2.18. The minimum atomic E-state index is -3.41. The fourth-order valence-electron chi connectivity index (χ4n) is 1.55. The first-order valence-corrected chi connectivity index (χ1v) is 8.06. The van der Waals surface area contributed by atoms with E-state index in [-0.39, 0.29) is 6.61 Å². The highest BCUT2D eigenvalue weighted by Crippen LogP contribution is 2.30. The molecule has 0 amide bonds. The Morgan fingerprint density at radius 2 is 2.11 bits per heavy atom. The molecule has 1 aromatic heterocycles. The molecule has 7 heteroatoms. The predicted octanol–water partition coefficient (Wildman–Crippen LogP) is 3.37. The quantitative estimate of drug-likeness (QED) is 0.791. The van der Waals surface area contributed by atoms with E-state index >= 15 is 0 Å². The van der Waals surface area contributed by atoms with Crippen LogP contribution in [-0.4, -0.2) is 21.3 Å². The van der Waals surface area contributed by atoms with Crippen molar-refractivity contribution in [2.24, 2.45) is 0 Å². The highest BCUT2D eigenvalue weighted by molar-refractivity contribution is 9.10. The van der Waals surface area contributed by atoms with Crippen molar-refractivity contribution in [1.82, 2.24) is 0 Å². The molecule has 0 aliphatic rings. The molecule has 18 heavy (non-hydrogen) atoms. The molecule has 0 N–H and O–H groups in total. The van der Waals surface area contributed by atoms with Gasteiger partial charge in [-0.2, -0.15) is 8.42 Å². The summed E-state index contributed by atoms with van der Waals surface area (Å²) in [5, 5.41) is 1.37. The maximum atomic E-state index is 10.8. The van der Waals surface area contributed by atoms with Crippen LogP contribution in [0.25, 0.3) is 11.0 Å². The van der Waals surface area contributed by atoms with E-state index in [0.717, 1.165) is 16.1 Å². The largest absolute Gasteiger partial charge is 0.459 e. The van der Waals surface area contributed by atoms with E-state index < -0.39 is 10.1 Å². The van der Waals surface area contributed by atoms with Gasteiger partial charge in [0.15, 0.2) is 5.58 Å². The summed E-state index contributed by atoms with van der Waals surface area (Å²) in [6.07, 6.45) is 1.38. The summed E-state index contributed by atoms with van der Waals surface area (Å²) in [5.41, 5.74) is 0.592. The first-order valence-electron chi connectivity index (χ1n) is 5.07. The second-order valence-electron chi connectivity index (χ2n) is 3.79. The number of furan rings is 1. The molecule has 1 heterocycles. The third kappa shape index (κ3) is 3.47. The van der Waals surface area contributed by atoms with Gasteiger partial charge >= 0.3 is 0 Å². The highest BCUT2D eigenvalue weighted by atomic mass is 79.9. The van der Waals surface area contributed by atoms with Gasteiger partial charge in [0.25, 0.3) is 10.1 Å². The summed E-state index contributed by atoms with van der Waals surface area (Å²) in [6, 6.07) is 5.44. The Labute approximate surface area is 118 Å². The van der Waals surface area contributed by atoms with Crippen LogP contribution in [-0.2, 0) is 20.7 Å². The summed E-state index contributed by atoms with van der Waals surface area (Å²) >= 11 is 9.37. The molecular formula is C11H10BrClO4S. The van der Waals surface area contributed by atoms with Gasteiger partial charge in [-0.25, -0.2) is 0 Å². The summed E-state index contributed by atoms with van der Waals surface area (Å²) in [7, 11) is -3.41. The van der Waals surface area contributed by atoms with Crippen LogP contribution in [0.15, 0.2) is 27.1 Å². The van der Waals surface area contributed by atoms with Gasteiger partial charge in [0.2, 0.25) is 0 Å². The van der Waals surface area contributed by atoms with Gasteiger partial charge in [0.05, 0.1) is 17.9 Å². The molecule has 2 rings (SSSR count). The molecule has 0 unspecified atom stereocenters. The van der Waals surface area contributed by atoms with E-state index in [9.17, 15) is 8.42 Å². The van der Waals surface area contributed by atoms with Crippen LogP contribution < -0.4 is 0 Å². The Morgan fingerprint density at radius 3 is 2.78 bits per heavy atom. The average Bonchev–Trinajstić information content (AvgIpc) is 2.58. The van der Waals surface area contributed by atoms with Gasteiger partial charge in [-0.15, -0.1) is 0 Å². The first-order chi connectivity index (χ1) is 8.35. The van der Waals surface area contributed by atoms with Crippen LogP contribution in [0.1, 0.15) is 5.76 Å². The monoisotopic (exact) mass is 352 g/mol. The number of hydrogen-bond donors (Lipinski definition) is 0. The van der Waals surface area contributed by atoms with Gasteiger partial charge in [0, 0.05) is 16.3 Å². The van der Waals surface area contributed by atoms with Crippen LogP contribution in [0.5, 0.6) is 0 Å². The van der Waals surface area contributed by atoms with Crippen LogP contribution in [0, 0.1) is 0 Å². The number of halogens is 2. The van der Waals surface area contributed by atoms with E-state index in [2.05, 4.69) is 20.1 Å². The standard InChI is InChI=1S/C11H10BrClO4S/c1-18(14,15)16-3-2-9-5-7-4-8(12)6-10(13)11(7)17-9/h4-6H,2-3H2,1H3. The highest BCUT2D eigenvalue weighted by Gasteiger charge is 2.09. The second-order valence-corrected chi connectivity index (χ2v) is 6.76. The van der Waals surface area contributed by atoms with Crippen LogP contribution in [0.3, 0.4) is 0 Å². The van der Waals surface area contributed by atoms with Crippen molar-refractivity contribution < 1.29 is 17.0 Å². The molecule has 0 spiro atoms. The summed E-state index contributed by atoms with van der Waals surface area (Å²) in [6.45, 7) is 0.0530. The molecule has 4 nitrogen and oxygen atoms in total. The van der Waals surface area contributed by atoms with E-state index in [1.54, 1.807) is 6.07 Å². The number of hydrogen-bond acceptors (Lipinski definition) is 4. The minimum absolute atomic E-state index is 0.0530. The summed E-state index contributed by atoms with van der Waals surface area (Å²) in [5.74, 6) is 0.633. The predicted molar refractivity (Wildman–Crippen MR) is 73.4 cm³/mol. The zero-order chi connectivity index (χ0) is 13.3. The normalized spacial score (nSPS) is 12.2. The second kappa shape index (κ2) is 5.21. The molecule has 0 aliphatic heterocycles. The number of fused-ring (bicyclic) bond motifs is 1. The minimum Gasteiger partial charge on any atom is -0.459 e. The van der Waals surface area contributed by atoms with E-state index in [4.69, 9.17) is 16.0 Å². The zero-order valence-corrected chi connectivity index (χ0v) is 12.6. The van der Waals surface area contributed by atoms with Crippen molar-refractivity contribution in [3.05, 3.63) is 33.5 Å².